The van der Waals surface area contributed by atoms with Crippen LogP contribution in [0, 0.1) is 0 Å². The number of rotatable bonds is 8. The van der Waals surface area contributed by atoms with Crippen molar-refractivity contribution in [3.05, 3.63) is 35.9 Å². The number of nitrogens with one attached hydrogen (secondary N) is 2. The van der Waals surface area contributed by atoms with Crippen molar-refractivity contribution >= 4 is 5.91 Å². The first-order chi connectivity index (χ1) is 11.5. The first-order valence-electron chi connectivity index (χ1n) is 8.53. The van der Waals surface area contributed by atoms with Crippen molar-refractivity contribution in [1.82, 2.24) is 10.6 Å². The minimum atomic E-state index is -1.18. The van der Waals surface area contributed by atoms with Crippen LogP contribution >= 0.6 is 0 Å². The molecule has 1 saturated heterocycles. The van der Waals surface area contributed by atoms with Crippen molar-refractivity contribution in [3.8, 4) is 0 Å². The molecule has 0 spiro atoms. The summed E-state index contributed by atoms with van der Waals surface area (Å²) in [6.45, 7) is 1.15. The Morgan fingerprint density at radius 1 is 1.33 bits per heavy atom. The number of aliphatic hydroxyl groups excluding tert-OH is 2. The largest absolute Gasteiger partial charge is 0.389 e. The van der Waals surface area contributed by atoms with Gasteiger partial charge in [0.15, 0.2) is 0 Å². The summed E-state index contributed by atoms with van der Waals surface area (Å²) in [4.78, 5) is 11.6. The van der Waals surface area contributed by atoms with Gasteiger partial charge in [-0.2, -0.15) is 0 Å². The lowest BCUT2D eigenvalue weighted by Gasteiger charge is -2.34. The van der Waals surface area contributed by atoms with Crippen LogP contribution in [0.25, 0.3) is 0 Å². The van der Waals surface area contributed by atoms with Gasteiger partial charge in [0, 0.05) is 13.0 Å². The first kappa shape index (κ1) is 18.8. The highest BCUT2D eigenvalue weighted by Gasteiger charge is 2.51. The molecule has 1 heterocycles. The summed E-state index contributed by atoms with van der Waals surface area (Å²) >= 11 is 0. The normalized spacial score (nSPS) is 29.6. The van der Waals surface area contributed by atoms with E-state index in [2.05, 4.69) is 10.6 Å². The highest BCUT2D eigenvalue weighted by molar-refractivity contribution is 5.75. The Labute approximate surface area is 142 Å². The molecule has 24 heavy (non-hydrogen) atoms. The van der Waals surface area contributed by atoms with Crippen LogP contribution in [-0.4, -0.2) is 53.1 Å². The third-order valence-corrected chi connectivity index (χ3v) is 4.79. The van der Waals surface area contributed by atoms with Crippen LogP contribution in [0.15, 0.2) is 30.3 Å². The van der Waals surface area contributed by atoms with Crippen molar-refractivity contribution in [2.45, 2.75) is 56.4 Å². The van der Waals surface area contributed by atoms with Crippen LogP contribution in [0.5, 0.6) is 0 Å². The fourth-order valence-corrected chi connectivity index (χ4v) is 3.31. The molecule has 1 aliphatic heterocycles. The Hall–Kier alpha value is -1.50. The van der Waals surface area contributed by atoms with E-state index in [0.29, 0.717) is 12.8 Å². The molecule has 1 aliphatic rings. The van der Waals surface area contributed by atoms with Gasteiger partial charge in [-0.3, -0.25) is 10.1 Å². The molecule has 2 rings (SSSR count). The molecule has 0 radical (unpaired) electrons. The average molecular weight is 338 g/mol. The van der Waals surface area contributed by atoms with Crippen LogP contribution in [-0.2, 0) is 11.2 Å². The summed E-state index contributed by atoms with van der Waals surface area (Å²) in [5, 5.41) is 26.3. The molecule has 1 fully saturated rings. The summed E-state index contributed by atoms with van der Waals surface area (Å²) in [5.74, 6) is -0.135. The van der Waals surface area contributed by atoms with E-state index >= 15 is 0 Å². The Bertz CT molecular complexity index is 528. The van der Waals surface area contributed by atoms with E-state index in [0.717, 1.165) is 12.8 Å². The van der Waals surface area contributed by atoms with E-state index in [1.54, 1.807) is 6.92 Å². The van der Waals surface area contributed by atoms with Gasteiger partial charge in [-0.1, -0.05) is 37.3 Å². The fraction of sp³-hybridized carbons (Fsp3) is 0.611. The Morgan fingerprint density at radius 2 is 2.04 bits per heavy atom. The number of halogens is 1. The van der Waals surface area contributed by atoms with E-state index in [9.17, 15) is 19.4 Å². The maximum Gasteiger partial charge on any atom is 0.219 e. The van der Waals surface area contributed by atoms with E-state index in [1.807, 2.05) is 30.3 Å². The standard InChI is InChI=1S/C18H27FN2O3/c1-2-15(22)20-12-18(17(24)16(23)14(11-19)21-18)10-6-9-13-7-4-3-5-8-13/h3-5,7-8,14,16-17,21,23-24H,2,6,9-12H2,1H3,(H,20,22)/t14-,16-,17+,18-/m1/s1. The van der Waals surface area contributed by atoms with E-state index in [-0.39, 0.29) is 12.5 Å². The predicted octanol–water partition coefficient (Wildman–Crippen LogP) is 0.937. The third-order valence-electron chi connectivity index (χ3n) is 4.79. The van der Waals surface area contributed by atoms with Crippen LogP contribution in [0.1, 0.15) is 31.7 Å². The molecular formula is C18H27FN2O3. The number of alkyl halides is 1. The zero-order valence-corrected chi connectivity index (χ0v) is 14.0. The Morgan fingerprint density at radius 3 is 2.62 bits per heavy atom. The number of aryl methyl sites for hydroxylation is 1. The summed E-state index contributed by atoms with van der Waals surface area (Å²) in [5.41, 5.74) is 0.274. The molecule has 0 unspecified atom stereocenters. The fourth-order valence-electron chi connectivity index (χ4n) is 3.31. The summed E-state index contributed by atoms with van der Waals surface area (Å²) in [7, 11) is 0. The molecule has 1 aromatic carbocycles. The summed E-state index contributed by atoms with van der Waals surface area (Å²) < 4.78 is 13.1. The van der Waals surface area contributed by atoms with Crippen LogP contribution in [0.3, 0.4) is 0 Å². The molecule has 0 saturated carbocycles. The van der Waals surface area contributed by atoms with Crippen LogP contribution in [0.4, 0.5) is 4.39 Å². The molecule has 1 aromatic rings. The molecular weight excluding hydrogens is 311 g/mol. The minimum absolute atomic E-state index is 0.135. The smallest absolute Gasteiger partial charge is 0.219 e. The molecule has 0 bridgehead atoms. The van der Waals surface area contributed by atoms with Gasteiger partial charge in [0.05, 0.1) is 17.7 Å². The van der Waals surface area contributed by atoms with E-state index < -0.39 is 30.5 Å². The number of carbonyl (C=O) groups excluding carboxylic acids is 1. The second-order valence-electron chi connectivity index (χ2n) is 6.47. The van der Waals surface area contributed by atoms with Gasteiger partial charge in [-0.15, -0.1) is 0 Å². The number of carbonyl (C=O) groups is 1. The number of aliphatic hydroxyl groups is 2. The minimum Gasteiger partial charge on any atom is -0.389 e. The van der Waals surface area contributed by atoms with Gasteiger partial charge in [-0.25, -0.2) is 4.39 Å². The maximum absolute atomic E-state index is 13.1. The SMILES string of the molecule is CCC(=O)NC[C@@]1(CCCc2ccccc2)N[C@H](CF)[C@@H](O)[C@@H]1O. The lowest BCUT2D eigenvalue weighted by Crippen LogP contribution is -2.57. The van der Waals surface area contributed by atoms with Gasteiger partial charge in [0.25, 0.3) is 0 Å². The van der Waals surface area contributed by atoms with Crippen molar-refractivity contribution < 1.29 is 19.4 Å². The monoisotopic (exact) mass is 338 g/mol. The molecule has 1 amide bonds. The Kier molecular flexibility index (Phi) is 6.71. The van der Waals surface area contributed by atoms with Crippen molar-refractivity contribution in [2.75, 3.05) is 13.2 Å². The average Bonchev–Trinajstić information content (AvgIpc) is 2.85. The summed E-state index contributed by atoms with van der Waals surface area (Å²) in [6.07, 6.45) is 0.138. The molecule has 5 nitrogen and oxygen atoms in total. The van der Waals surface area contributed by atoms with Crippen molar-refractivity contribution in [1.29, 1.82) is 0 Å². The van der Waals surface area contributed by atoms with Gasteiger partial charge in [-0.05, 0) is 24.8 Å². The first-order valence-corrected chi connectivity index (χ1v) is 8.53. The van der Waals surface area contributed by atoms with Crippen LogP contribution < -0.4 is 10.6 Å². The lowest BCUT2D eigenvalue weighted by atomic mass is 9.86. The summed E-state index contributed by atoms with van der Waals surface area (Å²) in [6, 6.07) is 9.15. The highest BCUT2D eigenvalue weighted by atomic mass is 19.1. The molecule has 134 valence electrons. The van der Waals surface area contributed by atoms with Gasteiger partial charge in [0.1, 0.15) is 12.8 Å². The highest BCUT2D eigenvalue weighted by Crippen LogP contribution is 2.29. The third kappa shape index (κ3) is 4.32. The number of benzene rings is 1. The number of hydrogen-bond acceptors (Lipinski definition) is 4. The molecule has 0 aromatic heterocycles. The topological polar surface area (TPSA) is 81.6 Å². The zero-order valence-electron chi connectivity index (χ0n) is 14.0. The van der Waals surface area contributed by atoms with Gasteiger partial charge in [0.2, 0.25) is 5.91 Å². The molecule has 4 atom stereocenters. The lowest BCUT2D eigenvalue weighted by molar-refractivity contribution is -0.121. The maximum atomic E-state index is 13.1. The van der Waals surface area contributed by atoms with Crippen molar-refractivity contribution in [2.24, 2.45) is 0 Å². The Balaban J connectivity index is 2.03. The molecule has 0 aliphatic carbocycles. The number of hydrogen-bond donors (Lipinski definition) is 4. The zero-order chi connectivity index (χ0) is 17.6. The predicted molar refractivity (Wildman–Crippen MR) is 90.3 cm³/mol. The van der Waals surface area contributed by atoms with Crippen molar-refractivity contribution in [3.63, 3.8) is 0 Å². The second-order valence-corrected chi connectivity index (χ2v) is 6.47. The molecule has 4 N–H and O–H groups in total. The van der Waals surface area contributed by atoms with Crippen LogP contribution in [0.2, 0.25) is 0 Å². The quantitative estimate of drug-likeness (QED) is 0.569. The van der Waals surface area contributed by atoms with Gasteiger partial charge >= 0.3 is 0 Å². The van der Waals surface area contributed by atoms with E-state index in [1.165, 1.54) is 5.56 Å². The second kappa shape index (κ2) is 8.55. The van der Waals surface area contributed by atoms with E-state index in [4.69, 9.17) is 0 Å². The molecule has 6 heteroatoms. The number of amides is 1. The van der Waals surface area contributed by atoms with Gasteiger partial charge < -0.3 is 15.5 Å².